The van der Waals surface area contributed by atoms with Crippen molar-refractivity contribution in [1.82, 2.24) is 24.6 Å². The van der Waals surface area contributed by atoms with Crippen LogP contribution < -0.4 is 0 Å². The molecule has 0 spiro atoms. The number of pyridine rings is 1. The quantitative estimate of drug-likeness (QED) is 0.633. The van der Waals surface area contributed by atoms with Crippen molar-refractivity contribution in [1.29, 1.82) is 0 Å². The maximum Gasteiger partial charge on any atom is 0.255 e. The molecule has 0 aliphatic carbocycles. The van der Waals surface area contributed by atoms with Crippen LogP contribution in [0.2, 0.25) is 0 Å². The maximum absolute atomic E-state index is 4.36. The van der Waals surface area contributed by atoms with Gasteiger partial charge in [0.05, 0.1) is 0 Å². The van der Waals surface area contributed by atoms with E-state index in [-0.39, 0.29) is 0 Å². The third-order valence-corrected chi connectivity index (χ3v) is 2.63. The average molecular weight is 225 g/mol. The van der Waals surface area contributed by atoms with E-state index in [2.05, 4.69) is 20.2 Å². The molecule has 84 valence electrons. The summed E-state index contributed by atoms with van der Waals surface area (Å²) in [5, 5.41) is 8.29. The van der Waals surface area contributed by atoms with E-state index in [1.807, 2.05) is 36.4 Å². The van der Waals surface area contributed by atoms with Crippen LogP contribution in [0.5, 0.6) is 0 Å². The molecule has 0 saturated carbocycles. The van der Waals surface area contributed by atoms with Gasteiger partial charge in [-0.15, -0.1) is 10.2 Å². The molecular weight excluding hydrogens is 214 g/mol. The molecule has 3 rings (SSSR count). The Labute approximate surface area is 98.2 Å². The first-order chi connectivity index (χ1) is 8.25. The molecule has 0 saturated heterocycles. The summed E-state index contributed by atoms with van der Waals surface area (Å²) < 4.78 is 1.95. The Morgan fingerprint density at radius 2 is 1.82 bits per heavy atom. The van der Waals surface area contributed by atoms with Gasteiger partial charge in [0.15, 0.2) is 5.82 Å². The van der Waals surface area contributed by atoms with Gasteiger partial charge < -0.3 is 0 Å². The number of hydrogen-bond acceptors (Lipinski definition) is 4. The second kappa shape index (κ2) is 3.62. The van der Waals surface area contributed by atoms with Crippen molar-refractivity contribution in [2.45, 2.75) is 13.8 Å². The monoisotopic (exact) mass is 225 g/mol. The van der Waals surface area contributed by atoms with Crippen molar-refractivity contribution in [3.63, 3.8) is 0 Å². The normalized spacial score (nSPS) is 10.9. The van der Waals surface area contributed by atoms with E-state index in [1.165, 1.54) is 0 Å². The number of aryl methyl sites for hydroxylation is 2. The predicted octanol–water partition coefficient (Wildman–Crippen LogP) is 1.80. The van der Waals surface area contributed by atoms with E-state index in [0.717, 1.165) is 22.8 Å². The summed E-state index contributed by atoms with van der Waals surface area (Å²) in [5.74, 6) is 1.43. The van der Waals surface area contributed by atoms with Crippen LogP contribution in [0, 0.1) is 13.8 Å². The van der Waals surface area contributed by atoms with E-state index in [9.17, 15) is 0 Å². The van der Waals surface area contributed by atoms with E-state index >= 15 is 0 Å². The van der Waals surface area contributed by atoms with Crippen molar-refractivity contribution in [2.24, 2.45) is 0 Å². The van der Waals surface area contributed by atoms with Crippen LogP contribution in [0.25, 0.3) is 17.2 Å². The van der Waals surface area contributed by atoms with Gasteiger partial charge in [-0.05, 0) is 32.0 Å². The van der Waals surface area contributed by atoms with Gasteiger partial charge in [0.25, 0.3) is 5.78 Å². The Hall–Kier alpha value is -2.30. The van der Waals surface area contributed by atoms with Gasteiger partial charge >= 0.3 is 0 Å². The van der Waals surface area contributed by atoms with Crippen molar-refractivity contribution in [2.75, 3.05) is 0 Å². The summed E-state index contributed by atoms with van der Waals surface area (Å²) in [7, 11) is 0. The molecule has 0 N–H and O–H groups in total. The van der Waals surface area contributed by atoms with Gasteiger partial charge in [-0.2, -0.15) is 0 Å². The van der Waals surface area contributed by atoms with Gasteiger partial charge in [0.2, 0.25) is 0 Å². The zero-order chi connectivity index (χ0) is 11.8. The molecule has 0 aromatic carbocycles. The van der Waals surface area contributed by atoms with Gasteiger partial charge in [-0.3, -0.25) is 9.38 Å². The zero-order valence-electron chi connectivity index (χ0n) is 9.62. The zero-order valence-corrected chi connectivity index (χ0v) is 9.62. The molecule has 0 aliphatic heterocycles. The van der Waals surface area contributed by atoms with Crippen molar-refractivity contribution >= 4 is 5.78 Å². The lowest BCUT2D eigenvalue weighted by atomic mass is 10.2. The van der Waals surface area contributed by atoms with Crippen molar-refractivity contribution < 1.29 is 0 Å². The summed E-state index contributed by atoms with van der Waals surface area (Å²) in [4.78, 5) is 8.36. The number of rotatable bonds is 1. The Kier molecular flexibility index (Phi) is 2.11. The van der Waals surface area contributed by atoms with Gasteiger partial charge in [0.1, 0.15) is 0 Å². The summed E-state index contributed by atoms with van der Waals surface area (Å²) in [5.41, 5.74) is 3.01. The smallest absolute Gasteiger partial charge is 0.255 e. The molecule has 3 aromatic heterocycles. The average Bonchev–Trinajstić information content (AvgIpc) is 2.74. The minimum Gasteiger partial charge on any atom is -0.265 e. The molecule has 0 unspecified atom stereocenters. The highest BCUT2D eigenvalue weighted by atomic mass is 15.3. The second-order valence-corrected chi connectivity index (χ2v) is 3.93. The van der Waals surface area contributed by atoms with Crippen LogP contribution in [-0.2, 0) is 0 Å². The molecule has 0 bridgehead atoms. The molecule has 3 heterocycles. The first kappa shape index (κ1) is 9.89. The van der Waals surface area contributed by atoms with Crippen LogP contribution in [0.1, 0.15) is 11.4 Å². The van der Waals surface area contributed by atoms with Crippen LogP contribution in [-0.4, -0.2) is 24.6 Å². The highest BCUT2D eigenvalue weighted by Gasteiger charge is 2.10. The maximum atomic E-state index is 4.36. The van der Waals surface area contributed by atoms with Crippen molar-refractivity contribution in [3.05, 3.63) is 42.0 Å². The van der Waals surface area contributed by atoms with Crippen LogP contribution >= 0.6 is 0 Å². The standard InChI is InChI=1S/C12H11N5/c1-8-7-9(2)17-11(15-16-12(17)14-8)10-3-5-13-6-4-10/h3-7H,1-2H3. The first-order valence-corrected chi connectivity index (χ1v) is 5.35. The first-order valence-electron chi connectivity index (χ1n) is 5.35. The summed E-state index contributed by atoms with van der Waals surface area (Å²) in [6, 6.07) is 5.84. The highest BCUT2D eigenvalue weighted by molar-refractivity contribution is 5.57. The molecule has 3 aromatic rings. The molecular formula is C12H11N5. The van der Waals surface area contributed by atoms with Gasteiger partial charge in [-0.25, -0.2) is 4.98 Å². The molecule has 0 radical (unpaired) electrons. The minimum absolute atomic E-state index is 0.634. The SMILES string of the molecule is Cc1cc(C)n2c(-c3ccncc3)nnc2n1. The van der Waals surface area contributed by atoms with E-state index in [0.29, 0.717) is 5.78 Å². The molecule has 5 nitrogen and oxygen atoms in total. The second-order valence-electron chi connectivity index (χ2n) is 3.93. The Balaban J connectivity index is 2.32. The molecule has 17 heavy (non-hydrogen) atoms. The third kappa shape index (κ3) is 1.56. The number of aromatic nitrogens is 5. The highest BCUT2D eigenvalue weighted by Crippen LogP contribution is 2.18. The summed E-state index contributed by atoms with van der Waals surface area (Å²) in [6.07, 6.45) is 3.49. The Bertz CT molecular complexity index is 672. The fraction of sp³-hybridized carbons (Fsp3) is 0.167. The van der Waals surface area contributed by atoms with Gasteiger partial charge in [-0.1, -0.05) is 0 Å². The molecule has 5 heteroatoms. The van der Waals surface area contributed by atoms with Crippen LogP contribution in [0.4, 0.5) is 0 Å². The third-order valence-electron chi connectivity index (χ3n) is 2.63. The number of nitrogens with zero attached hydrogens (tertiary/aromatic N) is 5. The van der Waals surface area contributed by atoms with Gasteiger partial charge in [0, 0.05) is 29.3 Å². The lowest BCUT2D eigenvalue weighted by molar-refractivity contribution is 1.02. The lowest BCUT2D eigenvalue weighted by Gasteiger charge is -2.03. The predicted molar refractivity (Wildman–Crippen MR) is 63.5 cm³/mol. The van der Waals surface area contributed by atoms with Crippen LogP contribution in [0.3, 0.4) is 0 Å². The molecule has 0 atom stereocenters. The summed E-state index contributed by atoms with van der Waals surface area (Å²) in [6.45, 7) is 3.98. The minimum atomic E-state index is 0.634. The topological polar surface area (TPSA) is 56.0 Å². The molecule has 0 fully saturated rings. The van der Waals surface area contributed by atoms with E-state index in [1.54, 1.807) is 12.4 Å². The molecule has 0 aliphatic rings. The molecule has 0 amide bonds. The van der Waals surface area contributed by atoms with Crippen molar-refractivity contribution in [3.8, 4) is 11.4 Å². The number of fused-ring (bicyclic) bond motifs is 1. The van der Waals surface area contributed by atoms with E-state index in [4.69, 9.17) is 0 Å². The van der Waals surface area contributed by atoms with E-state index < -0.39 is 0 Å². The fourth-order valence-corrected chi connectivity index (χ4v) is 1.92. The van der Waals surface area contributed by atoms with Crippen LogP contribution in [0.15, 0.2) is 30.6 Å². The lowest BCUT2D eigenvalue weighted by Crippen LogP contribution is -1.98. The fourth-order valence-electron chi connectivity index (χ4n) is 1.92. The Morgan fingerprint density at radius 3 is 2.59 bits per heavy atom. The Morgan fingerprint density at radius 1 is 1.06 bits per heavy atom. The largest absolute Gasteiger partial charge is 0.265 e. The summed E-state index contributed by atoms with van der Waals surface area (Å²) >= 11 is 0. The number of hydrogen-bond donors (Lipinski definition) is 0.